The Balaban J connectivity index is 2.82. The van der Waals surface area contributed by atoms with Crippen LogP contribution in [-0.4, -0.2) is 23.7 Å². The maximum absolute atomic E-state index is 13.7. The summed E-state index contributed by atoms with van der Waals surface area (Å²) in [6.07, 6.45) is -0.0946. The zero-order valence-corrected chi connectivity index (χ0v) is 9.96. The molecule has 94 valence electrons. The molecule has 1 aromatic rings. The summed E-state index contributed by atoms with van der Waals surface area (Å²) in [6, 6.07) is 2.75. The normalized spacial score (nSPS) is 12.2. The van der Waals surface area contributed by atoms with E-state index in [1.54, 1.807) is 13.8 Å². The largest absolute Gasteiger partial charge is 0.399 e. The lowest BCUT2D eigenvalue weighted by atomic mass is 10.1. The molecule has 0 fully saturated rings. The molecule has 0 heterocycles. The fourth-order valence-electron chi connectivity index (χ4n) is 1.41. The molecule has 0 saturated carbocycles. The Morgan fingerprint density at radius 1 is 1.59 bits per heavy atom. The van der Waals surface area contributed by atoms with Crippen molar-refractivity contribution in [2.24, 2.45) is 0 Å². The van der Waals surface area contributed by atoms with E-state index in [2.05, 4.69) is 5.32 Å². The maximum Gasteiger partial charge on any atom is 0.254 e. The maximum atomic E-state index is 13.7. The Morgan fingerprint density at radius 2 is 2.24 bits per heavy atom. The zero-order valence-electron chi connectivity index (χ0n) is 9.96. The molecule has 5 heteroatoms. The van der Waals surface area contributed by atoms with E-state index >= 15 is 0 Å². The summed E-state index contributed by atoms with van der Waals surface area (Å²) in [5.74, 6) is -1.15. The highest BCUT2D eigenvalue weighted by Crippen LogP contribution is 2.16. The second-order valence-electron chi connectivity index (χ2n) is 3.97. The highest BCUT2D eigenvalue weighted by Gasteiger charge is 2.15. The molecule has 1 unspecified atom stereocenters. The minimum Gasteiger partial charge on any atom is -0.399 e. The number of nitrogens with two attached hydrogens (primary N) is 1. The van der Waals surface area contributed by atoms with E-state index in [1.165, 1.54) is 12.1 Å². The van der Waals surface area contributed by atoms with Crippen molar-refractivity contribution in [3.63, 3.8) is 0 Å². The van der Waals surface area contributed by atoms with Crippen LogP contribution in [-0.2, 0) is 0 Å². The molecule has 0 aliphatic heterocycles. The molecule has 1 atom stereocenters. The number of hydrogen-bond acceptors (Lipinski definition) is 3. The molecule has 1 aromatic carbocycles. The van der Waals surface area contributed by atoms with Crippen LogP contribution >= 0.6 is 0 Å². The molecule has 1 rings (SSSR count). The SMILES string of the molecule is CCC(O)CNC(=O)c1cc(N)cc(C)c1F. The lowest BCUT2D eigenvalue weighted by Gasteiger charge is -2.11. The average Bonchev–Trinajstić information content (AvgIpc) is 2.30. The van der Waals surface area contributed by atoms with Crippen LogP contribution < -0.4 is 11.1 Å². The van der Waals surface area contributed by atoms with E-state index in [0.29, 0.717) is 17.7 Å². The number of rotatable bonds is 4. The van der Waals surface area contributed by atoms with Gasteiger partial charge in [0.25, 0.3) is 5.91 Å². The van der Waals surface area contributed by atoms with Gasteiger partial charge in [-0.25, -0.2) is 4.39 Å². The summed E-state index contributed by atoms with van der Waals surface area (Å²) >= 11 is 0. The number of hydrogen-bond donors (Lipinski definition) is 3. The Labute approximate surface area is 99.6 Å². The molecule has 0 aromatic heterocycles. The van der Waals surface area contributed by atoms with E-state index in [-0.39, 0.29) is 12.1 Å². The second kappa shape index (κ2) is 5.63. The summed E-state index contributed by atoms with van der Waals surface area (Å²) in [6.45, 7) is 3.44. The van der Waals surface area contributed by atoms with Crippen LogP contribution in [0.4, 0.5) is 10.1 Å². The van der Waals surface area contributed by atoms with Gasteiger partial charge in [0.05, 0.1) is 11.7 Å². The van der Waals surface area contributed by atoms with Crippen LogP contribution in [0.1, 0.15) is 29.3 Å². The van der Waals surface area contributed by atoms with Gasteiger partial charge in [-0.15, -0.1) is 0 Å². The third kappa shape index (κ3) is 3.42. The first-order chi connectivity index (χ1) is 7.95. The topological polar surface area (TPSA) is 75.3 Å². The Hall–Kier alpha value is -1.62. The van der Waals surface area contributed by atoms with Gasteiger partial charge in [0, 0.05) is 12.2 Å². The number of amides is 1. The number of carbonyl (C=O) groups excluding carboxylic acids is 1. The van der Waals surface area contributed by atoms with Crippen molar-refractivity contribution >= 4 is 11.6 Å². The molecule has 4 nitrogen and oxygen atoms in total. The number of aryl methyl sites for hydroxylation is 1. The van der Waals surface area contributed by atoms with Crippen molar-refractivity contribution in [1.29, 1.82) is 0 Å². The molecule has 0 aliphatic rings. The molecule has 0 saturated heterocycles. The van der Waals surface area contributed by atoms with Crippen molar-refractivity contribution in [2.45, 2.75) is 26.4 Å². The van der Waals surface area contributed by atoms with Gasteiger partial charge in [0.15, 0.2) is 0 Å². The quantitative estimate of drug-likeness (QED) is 0.692. The van der Waals surface area contributed by atoms with Crippen molar-refractivity contribution in [3.8, 4) is 0 Å². The summed E-state index contributed by atoms with van der Waals surface area (Å²) in [4.78, 5) is 11.7. The summed E-state index contributed by atoms with van der Waals surface area (Å²) < 4.78 is 13.7. The van der Waals surface area contributed by atoms with Crippen molar-refractivity contribution in [1.82, 2.24) is 5.32 Å². The van der Waals surface area contributed by atoms with E-state index in [0.717, 1.165) is 0 Å². The van der Waals surface area contributed by atoms with Crippen LogP contribution in [0.3, 0.4) is 0 Å². The lowest BCUT2D eigenvalue weighted by molar-refractivity contribution is 0.0909. The summed E-state index contributed by atoms with van der Waals surface area (Å²) in [7, 11) is 0. The van der Waals surface area contributed by atoms with E-state index in [1.807, 2.05) is 0 Å². The van der Waals surface area contributed by atoms with Gasteiger partial charge in [0.2, 0.25) is 0 Å². The Bertz CT molecular complexity index is 421. The van der Waals surface area contributed by atoms with Gasteiger partial charge in [-0.2, -0.15) is 0 Å². The zero-order chi connectivity index (χ0) is 13.0. The first kappa shape index (κ1) is 13.4. The van der Waals surface area contributed by atoms with Crippen LogP contribution in [0.2, 0.25) is 0 Å². The molecule has 0 spiro atoms. The smallest absolute Gasteiger partial charge is 0.254 e. The van der Waals surface area contributed by atoms with Gasteiger partial charge in [-0.3, -0.25) is 4.79 Å². The lowest BCUT2D eigenvalue weighted by Crippen LogP contribution is -2.32. The predicted octanol–water partition coefficient (Wildman–Crippen LogP) is 1.22. The highest BCUT2D eigenvalue weighted by molar-refractivity contribution is 5.95. The molecule has 1 amide bonds. The highest BCUT2D eigenvalue weighted by atomic mass is 19.1. The van der Waals surface area contributed by atoms with E-state index < -0.39 is 17.8 Å². The number of benzene rings is 1. The van der Waals surface area contributed by atoms with Gasteiger partial charge >= 0.3 is 0 Å². The van der Waals surface area contributed by atoms with Gasteiger partial charge < -0.3 is 16.2 Å². The number of nitrogens with one attached hydrogen (secondary N) is 1. The number of anilines is 1. The van der Waals surface area contributed by atoms with E-state index in [4.69, 9.17) is 5.73 Å². The summed E-state index contributed by atoms with van der Waals surface area (Å²) in [5.41, 5.74) is 6.12. The number of halogens is 1. The number of nitrogen functional groups attached to an aromatic ring is 1. The molecule has 0 aliphatic carbocycles. The summed E-state index contributed by atoms with van der Waals surface area (Å²) in [5, 5.41) is 11.8. The minimum atomic E-state index is -0.621. The third-order valence-electron chi connectivity index (χ3n) is 2.49. The van der Waals surface area contributed by atoms with Crippen LogP contribution in [0, 0.1) is 12.7 Å². The minimum absolute atomic E-state index is 0.0918. The molecule has 0 bridgehead atoms. The van der Waals surface area contributed by atoms with E-state index in [9.17, 15) is 14.3 Å². The van der Waals surface area contributed by atoms with Crippen LogP contribution in [0.5, 0.6) is 0 Å². The van der Waals surface area contributed by atoms with Gasteiger partial charge in [0.1, 0.15) is 5.82 Å². The number of aliphatic hydroxyl groups excluding tert-OH is 1. The average molecular weight is 240 g/mol. The van der Waals surface area contributed by atoms with Crippen molar-refractivity contribution in [2.75, 3.05) is 12.3 Å². The molecule has 0 radical (unpaired) electrons. The van der Waals surface area contributed by atoms with Gasteiger partial charge in [-0.05, 0) is 31.0 Å². The molecule has 4 N–H and O–H groups in total. The number of aliphatic hydroxyl groups is 1. The third-order valence-corrected chi connectivity index (χ3v) is 2.49. The van der Waals surface area contributed by atoms with Gasteiger partial charge in [-0.1, -0.05) is 6.92 Å². The first-order valence-electron chi connectivity index (χ1n) is 5.47. The Morgan fingerprint density at radius 3 is 2.82 bits per heavy atom. The standard InChI is InChI=1S/C12H17FN2O2/c1-3-9(16)6-15-12(17)10-5-8(14)4-7(2)11(10)13/h4-5,9,16H,3,6,14H2,1-2H3,(H,15,17). The molecule has 17 heavy (non-hydrogen) atoms. The predicted molar refractivity (Wildman–Crippen MR) is 64.2 cm³/mol. The molecular weight excluding hydrogens is 223 g/mol. The molecular formula is C12H17FN2O2. The fraction of sp³-hybridized carbons (Fsp3) is 0.417. The van der Waals surface area contributed by atoms with Crippen molar-refractivity contribution < 1.29 is 14.3 Å². The first-order valence-corrected chi connectivity index (χ1v) is 5.47. The van der Waals surface area contributed by atoms with Crippen LogP contribution in [0.25, 0.3) is 0 Å². The fourth-order valence-corrected chi connectivity index (χ4v) is 1.41. The van der Waals surface area contributed by atoms with Crippen LogP contribution in [0.15, 0.2) is 12.1 Å². The number of carbonyl (C=O) groups is 1. The monoisotopic (exact) mass is 240 g/mol. The second-order valence-corrected chi connectivity index (χ2v) is 3.97. The Kier molecular flexibility index (Phi) is 4.45. The van der Waals surface area contributed by atoms with Crippen molar-refractivity contribution in [3.05, 3.63) is 29.1 Å².